The molecule has 1 aromatic rings. The highest BCUT2D eigenvalue weighted by Gasteiger charge is 2.20. The highest BCUT2D eigenvalue weighted by atomic mass is 15.2. The van der Waals surface area contributed by atoms with Crippen molar-refractivity contribution < 1.29 is 0 Å². The van der Waals surface area contributed by atoms with Gasteiger partial charge in [-0.2, -0.15) is 0 Å². The monoisotopic (exact) mass is 261 g/mol. The summed E-state index contributed by atoms with van der Waals surface area (Å²) in [7, 11) is 4.31. The third kappa shape index (κ3) is 3.75. The van der Waals surface area contributed by atoms with Gasteiger partial charge in [0.1, 0.15) is 11.5 Å². The van der Waals surface area contributed by atoms with Crippen LogP contribution in [0.3, 0.4) is 0 Å². The minimum atomic E-state index is 0.0353. The lowest BCUT2D eigenvalue weighted by atomic mass is 10.0. The van der Waals surface area contributed by atoms with E-state index in [4.69, 9.17) is 11.1 Å². The molecule has 2 rings (SSSR count). The molecule has 0 bridgehead atoms. The predicted molar refractivity (Wildman–Crippen MR) is 77.2 cm³/mol. The maximum atomic E-state index is 7.42. The number of pyridine rings is 1. The van der Waals surface area contributed by atoms with E-state index < -0.39 is 0 Å². The normalized spacial score (nSPS) is 17.8. The van der Waals surface area contributed by atoms with E-state index in [1.807, 2.05) is 12.1 Å². The maximum Gasteiger partial charge on any atom is 0.141 e. The van der Waals surface area contributed by atoms with Gasteiger partial charge in [0, 0.05) is 18.8 Å². The average molecular weight is 261 g/mol. The van der Waals surface area contributed by atoms with Crippen molar-refractivity contribution in [1.82, 2.24) is 14.8 Å². The molecule has 1 aromatic heterocycles. The van der Waals surface area contributed by atoms with Gasteiger partial charge in [-0.25, -0.2) is 0 Å². The molecule has 0 saturated carbocycles. The van der Waals surface area contributed by atoms with Crippen molar-refractivity contribution in [3.63, 3.8) is 0 Å². The third-order valence-electron chi connectivity index (χ3n) is 3.79. The molecule has 104 valence electrons. The second kappa shape index (κ2) is 6.12. The Morgan fingerprint density at radius 2 is 2.16 bits per heavy atom. The lowest BCUT2D eigenvalue weighted by Crippen LogP contribution is -2.41. The van der Waals surface area contributed by atoms with Gasteiger partial charge < -0.3 is 10.6 Å². The van der Waals surface area contributed by atoms with Gasteiger partial charge in [0.25, 0.3) is 0 Å². The molecule has 1 saturated heterocycles. The number of hydrogen-bond acceptors (Lipinski definition) is 4. The molecule has 1 fully saturated rings. The quantitative estimate of drug-likeness (QED) is 0.624. The van der Waals surface area contributed by atoms with Crippen LogP contribution in [-0.2, 0) is 6.54 Å². The van der Waals surface area contributed by atoms with Gasteiger partial charge in [0.2, 0.25) is 0 Å². The zero-order valence-electron chi connectivity index (χ0n) is 11.8. The number of nitrogens with two attached hydrogens (primary N) is 1. The van der Waals surface area contributed by atoms with Crippen LogP contribution in [0.25, 0.3) is 0 Å². The largest absolute Gasteiger partial charge is 0.382 e. The molecule has 19 heavy (non-hydrogen) atoms. The fourth-order valence-electron chi connectivity index (χ4n) is 2.57. The number of nitrogens with zero attached hydrogens (tertiary/aromatic N) is 3. The molecule has 1 aliphatic heterocycles. The van der Waals surface area contributed by atoms with Crippen LogP contribution in [0.15, 0.2) is 18.3 Å². The zero-order chi connectivity index (χ0) is 13.8. The highest BCUT2D eigenvalue weighted by molar-refractivity contribution is 5.93. The first-order valence-electron chi connectivity index (χ1n) is 6.74. The van der Waals surface area contributed by atoms with E-state index >= 15 is 0 Å². The molecule has 0 aromatic carbocycles. The number of piperidine rings is 1. The second-order valence-electron chi connectivity index (χ2n) is 5.43. The molecule has 0 amide bonds. The van der Waals surface area contributed by atoms with Crippen molar-refractivity contribution in [3.8, 4) is 0 Å². The Bertz CT molecular complexity index is 435. The van der Waals surface area contributed by atoms with Crippen LogP contribution in [-0.4, -0.2) is 53.8 Å². The van der Waals surface area contributed by atoms with Crippen molar-refractivity contribution >= 4 is 5.84 Å². The predicted octanol–water partition coefficient (Wildman–Crippen LogP) is 0.892. The number of likely N-dealkylation sites (tertiary alicyclic amines) is 1. The second-order valence-corrected chi connectivity index (χ2v) is 5.43. The molecule has 3 N–H and O–H groups in total. The Morgan fingerprint density at radius 3 is 2.74 bits per heavy atom. The van der Waals surface area contributed by atoms with Crippen LogP contribution >= 0.6 is 0 Å². The summed E-state index contributed by atoms with van der Waals surface area (Å²) in [6.07, 6.45) is 4.17. The van der Waals surface area contributed by atoms with Crippen LogP contribution in [0.4, 0.5) is 0 Å². The van der Waals surface area contributed by atoms with Crippen molar-refractivity contribution in [1.29, 1.82) is 5.41 Å². The molecule has 0 atom stereocenters. The molecule has 0 spiro atoms. The standard InChI is InChI=1S/C14H23N5/c1-18(2)12-4-7-19(8-5-12)10-11-3-6-17-13(9-11)14(15)16/h3,6,9,12H,4-5,7-8,10H2,1-2H3,(H3,15,16). The zero-order valence-corrected chi connectivity index (χ0v) is 11.8. The summed E-state index contributed by atoms with van der Waals surface area (Å²) in [6.45, 7) is 3.17. The molecular weight excluding hydrogens is 238 g/mol. The fraction of sp³-hybridized carbons (Fsp3) is 0.571. The Hall–Kier alpha value is -1.46. The summed E-state index contributed by atoms with van der Waals surface area (Å²) < 4.78 is 0. The van der Waals surface area contributed by atoms with Crippen molar-refractivity contribution in [2.75, 3.05) is 27.2 Å². The molecule has 0 unspecified atom stereocenters. The molecule has 5 nitrogen and oxygen atoms in total. The summed E-state index contributed by atoms with van der Waals surface area (Å²) in [5.41, 5.74) is 7.22. The minimum absolute atomic E-state index is 0.0353. The molecule has 0 radical (unpaired) electrons. The van der Waals surface area contributed by atoms with Gasteiger partial charge in [-0.05, 0) is 57.7 Å². The van der Waals surface area contributed by atoms with Gasteiger partial charge in [-0.1, -0.05) is 0 Å². The van der Waals surface area contributed by atoms with Crippen LogP contribution in [0.1, 0.15) is 24.1 Å². The maximum absolute atomic E-state index is 7.42. The van der Waals surface area contributed by atoms with Gasteiger partial charge in [-0.15, -0.1) is 0 Å². The van der Waals surface area contributed by atoms with E-state index in [1.165, 1.54) is 18.4 Å². The van der Waals surface area contributed by atoms with Crippen molar-refractivity contribution in [2.45, 2.75) is 25.4 Å². The summed E-state index contributed by atoms with van der Waals surface area (Å²) >= 11 is 0. The van der Waals surface area contributed by atoms with Crippen LogP contribution in [0.2, 0.25) is 0 Å². The Morgan fingerprint density at radius 1 is 1.47 bits per heavy atom. The topological polar surface area (TPSA) is 69.2 Å². The lowest BCUT2D eigenvalue weighted by Gasteiger charge is -2.35. The van der Waals surface area contributed by atoms with E-state index in [0.29, 0.717) is 11.7 Å². The number of amidine groups is 1. The Kier molecular flexibility index (Phi) is 4.50. The van der Waals surface area contributed by atoms with Crippen molar-refractivity contribution in [3.05, 3.63) is 29.6 Å². The number of rotatable bonds is 4. The number of nitrogen functional groups attached to an aromatic ring is 1. The summed E-state index contributed by atoms with van der Waals surface area (Å²) in [5.74, 6) is 0.0353. The van der Waals surface area contributed by atoms with Crippen molar-refractivity contribution in [2.24, 2.45) is 5.73 Å². The SMILES string of the molecule is CN(C)C1CCN(Cc2ccnc(C(=N)N)c2)CC1. The summed E-state index contributed by atoms with van der Waals surface area (Å²) in [4.78, 5) is 8.87. The first kappa shape index (κ1) is 14.0. The van der Waals surface area contributed by atoms with E-state index in [9.17, 15) is 0 Å². The van der Waals surface area contributed by atoms with E-state index in [-0.39, 0.29) is 5.84 Å². The summed E-state index contributed by atoms with van der Waals surface area (Å²) in [6, 6.07) is 4.63. The Labute approximate surface area is 114 Å². The van der Waals surface area contributed by atoms with Crippen LogP contribution < -0.4 is 5.73 Å². The first-order chi connectivity index (χ1) is 9.06. The van der Waals surface area contributed by atoms with E-state index in [0.717, 1.165) is 19.6 Å². The third-order valence-corrected chi connectivity index (χ3v) is 3.79. The van der Waals surface area contributed by atoms with Crippen LogP contribution in [0, 0.1) is 5.41 Å². The summed E-state index contributed by atoms with van der Waals surface area (Å²) in [5, 5.41) is 7.42. The van der Waals surface area contributed by atoms with E-state index in [2.05, 4.69) is 28.9 Å². The van der Waals surface area contributed by atoms with E-state index in [1.54, 1.807) is 6.20 Å². The molecule has 2 heterocycles. The van der Waals surface area contributed by atoms with Crippen LogP contribution in [0.5, 0.6) is 0 Å². The van der Waals surface area contributed by atoms with Gasteiger partial charge in [0.15, 0.2) is 0 Å². The minimum Gasteiger partial charge on any atom is -0.382 e. The Balaban J connectivity index is 1.92. The molecule has 1 aliphatic rings. The molecule has 0 aliphatic carbocycles. The first-order valence-corrected chi connectivity index (χ1v) is 6.74. The average Bonchev–Trinajstić information content (AvgIpc) is 2.39. The number of nitrogens with one attached hydrogen (secondary N) is 1. The number of hydrogen-bond donors (Lipinski definition) is 2. The van der Waals surface area contributed by atoms with Gasteiger partial charge in [-0.3, -0.25) is 15.3 Å². The lowest BCUT2D eigenvalue weighted by molar-refractivity contribution is 0.140. The molecular formula is C14H23N5. The smallest absolute Gasteiger partial charge is 0.141 e. The fourth-order valence-corrected chi connectivity index (χ4v) is 2.57. The molecule has 5 heteroatoms. The van der Waals surface area contributed by atoms with Gasteiger partial charge >= 0.3 is 0 Å². The number of aromatic nitrogens is 1. The highest BCUT2D eigenvalue weighted by Crippen LogP contribution is 2.16. The van der Waals surface area contributed by atoms with Gasteiger partial charge in [0.05, 0.1) is 0 Å².